The van der Waals surface area contributed by atoms with Gasteiger partial charge in [0.15, 0.2) is 0 Å². The first-order valence-electron chi connectivity index (χ1n) is 15.0. The summed E-state index contributed by atoms with van der Waals surface area (Å²) >= 11 is 6.15. The molecule has 3 aliphatic rings. The normalized spacial score (nSPS) is 25.4. The zero-order valence-electron chi connectivity index (χ0n) is 24.0. The van der Waals surface area contributed by atoms with E-state index in [-0.39, 0.29) is 36.4 Å². The van der Waals surface area contributed by atoms with Crippen molar-refractivity contribution in [2.45, 2.75) is 82.4 Å². The Morgan fingerprint density at radius 2 is 1.71 bits per heavy atom. The molecule has 2 aliphatic carbocycles. The van der Waals surface area contributed by atoms with Crippen LogP contribution in [0.4, 0.5) is 16.2 Å². The fourth-order valence-corrected chi connectivity index (χ4v) is 7.06. The highest BCUT2D eigenvalue weighted by molar-refractivity contribution is 6.33. The van der Waals surface area contributed by atoms with E-state index in [1.807, 2.05) is 6.07 Å². The van der Waals surface area contributed by atoms with E-state index in [1.54, 1.807) is 36.4 Å². The Labute approximate surface area is 251 Å². The standard InChI is InChI=1S/C32H40ClN3O6/c1-41-29-16-20(10-15-27(29)35-32(40)34-26-8-4-3-7-25(26)33)17-30(37)36-23(18-22-6-2-5-9-28(22)36)19-42-24-13-11-21(12-14-24)31(38)39/h3-4,7-8,10,15-16,21-24,28H,2,5-6,9,11-14,17-19H2,1H3,(H,38,39)(H2,34,35,40)/t21-,22?,23-,24+,28?/m0/s1. The van der Waals surface area contributed by atoms with Crippen LogP contribution in [0.1, 0.15) is 63.4 Å². The number of carbonyl (C=O) groups excluding carboxylic acids is 2. The third-order valence-electron chi connectivity index (χ3n) is 9.02. The molecular weight excluding hydrogens is 558 g/mol. The number of urea groups is 1. The average Bonchev–Trinajstić information content (AvgIpc) is 3.37. The van der Waals surface area contributed by atoms with Gasteiger partial charge in [0.2, 0.25) is 5.91 Å². The molecule has 10 heteroatoms. The first-order chi connectivity index (χ1) is 20.3. The number of nitrogens with zero attached hydrogens (tertiary/aromatic N) is 1. The number of fused-ring (bicyclic) bond motifs is 1. The molecule has 42 heavy (non-hydrogen) atoms. The van der Waals surface area contributed by atoms with E-state index in [9.17, 15) is 19.5 Å². The summed E-state index contributed by atoms with van der Waals surface area (Å²) in [4.78, 5) is 39.8. The smallest absolute Gasteiger partial charge is 0.323 e. The zero-order valence-corrected chi connectivity index (χ0v) is 24.8. The summed E-state index contributed by atoms with van der Waals surface area (Å²) in [5.41, 5.74) is 1.78. The summed E-state index contributed by atoms with van der Waals surface area (Å²) in [5, 5.41) is 15.3. The average molecular weight is 598 g/mol. The van der Waals surface area contributed by atoms with E-state index >= 15 is 0 Å². The highest BCUT2D eigenvalue weighted by atomic mass is 35.5. The van der Waals surface area contributed by atoms with Crippen LogP contribution in [0.2, 0.25) is 5.02 Å². The maximum Gasteiger partial charge on any atom is 0.323 e. The number of para-hydroxylation sites is 1. The second kappa shape index (κ2) is 13.8. The summed E-state index contributed by atoms with van der Waals surface area (Å²) < 4.78 is 11.9. The lowest BCUT2D eigenvalue weighted by Gasteiger charge is -2.35. The van der Waals surface area contributed by atoms with Crippen LogP contribution in [0.3, 0.4) is 0 Å². The number of carbonyl (C=O) groups is 3. The van der Waals surface area contributed by atoms with Crippen molar-refractivity contribution in [1.82, 2.24) is 4.90 Å². The molecule has 0 spiro atoms. The molecule has 3 fully saturated rings. The van der Waals surface area contributed by atoms with Crippen molar-refractivity contribution < 1.29 is 29.0 Å². The Kier molecular flexibility index (Phi) is 9.90. The van der Waals surface area contributed by atoms with E-state index < -0.39 is 12.0 Å². The van der Waals surface area contributed by atoms with Gasteiger partial charge in [0.1, 0.15) is 5.75 Å². The number of amides is 3. The Hall–Kier alpha value is -3.30. The van der Waals surface area contributed by atoms with E-state index in [0.717, 1.165) is 44.1 Å². The van der Waals surface area contributed by atoms with Crippen molar-refractivity contribution in [3.63, 3.8) is 0 Å². The number of carboxylic acids is 1. The number of anilines is 2. The molecule has 3 atom stereocenters. The Morgan fingerprint density at radius 1 is 0.976 bits per heavy atom. The Bertz CT molecular complexity index is 1280. The lowest BCUT2D eigenvalue weighted by atomic mass is 9.84. The molecule has 2 aromatic carbocycles. The molecule has 226 valence electrons. The summed E-state index contributed by atoms with van der Waals surface area (Å²) in [6.07, 6.45) is 8.51. The first-order valence-corrected chi connectivity index (χ1v) is 15.3. The molecule has 2 saturated carbocycles. The van der Waals surface area contributed by atoms with E-state index in [1.165, 1.54) is 13.5 Å². The SMILES string of the molecule is COc1cc(CC(=O)N2C3CCCCC3C[C@H]2CO[C@H]2CC[C@@H](C(=O)O)CC2)ccc1NC(=O)Nc1ccccc1Cl. The van der Waals surface area contributed by atoms with Crippen molar-refractivity contribution >= 4 is 40.9 Å². The maximum absolute atomic E-state index is 13.8. The van der Waals surface area contributed by atoms with Crippen LogP contribution in [-0.2, 0) is 20.7 Å². The van der Waals surface area contributed by atoms with Gasteiger partial charge in [-0.15, -0.1) is 0 Å². The molecule has 2 aromatic rings. The summed E-state index contributed by atoms with van der Waals surface area (Å²) in [6, 6.07) is 12.2. The molecule has 3 N–H and O–H groups in total. The molecule has 2 unspecified atom stereocenters. The second-order valence-corrected chi connectivity index (χ2v) is 12.1. The van der Waals surface area contributed by atoms with Gasteiger partial charge in [-0.3, -0.25) is 9.59 Å². The minimum absolute atomic E-state index is 0.0270. The number of ether oxygens (including phenoxy) is 2. The van der Waals surface area contributed by atoms with Crippen LogP contribution in [-0.4, -0.2) is 59.8 Å². The number of hydrogen-bond donors (Lipinski definition) is 3. The van der Waals surface area contributed by atoms with Crippen molar-refractivity contribution in [3.05, 3.63) is 53.1 Å². The Balaban J connectivity index is 1.22. The lowest BCUT2D eigenvalue weighted by Crippen LogP contribution is -2.46. The largest absolute Gasteiger partial charge is 0.495 e. The number of rotatable bonds is 9. The fourth-order valence-electron chi connectivity index (χ4n) is 6.88. The van der Waals surface area contributed by atoms with Crippen molar-refractivity contribution in [1.29, 1.82) is 0 Å². The summed E-state index contributed by atoms with van der Waals surface area (Å²) in [5.74, 6) is 0.0468. The molecule has 1 heterocycles. The number of carboxylic acid groups (broad SMARTS) is 1. The van der Waals surface area contributed by atoms with Crippen LogP contribution >= 0.6 is 11.6 Å². The summed E-state index contributed by atoms with van der Waals surface area (Å²) in [7, 11) is 1.53. The molecule has 9 nitrogen and oxygen atoms in total. The number of benzene rings is 2. The number of methoxy groups -OCH3 is 1. The minimum Gasteiger partial charge on any atom is -0.495 e. The van der Waals surface area contributed by atoms with E-state index in [2.05, 4.69) is 15.5 Å². The number of hydrogen-bond acceptors (Lipinski definition) is 5. The molecule has 1 aliphatic heterocycles. The predicted molar refractivity (Wildman–Crippen MR) is 161 cm³/mol. The summed E-state index contributed by atoms with van der Waals surface area (Å²) in [6.45, 7) is 0.494. The molecule has 0 aromatic heterocycles. The van der Waals surface area contributed by atoms with Crippen molar-refractivity contribution in [3.8, 4) is 5.75 Å². The highest BCUT2D eigenvalue weighted by Crippen LogP contribution is 2.41. The van der Waals surface area contributed by atoms with Gasteiger partial charge in [0.25, 0.3) is 0 Å². The van der Waals surface area contributed by atoms with Crippen molar-refractivity contribution in [2.75, 3.05) is 24.4 Å². The zero-order chi connectivity index (χ0) is 29.6. The molecule has 5 rings (SSSR count). The number of likely N-dealkylation sites (tertiary alicyclic amines) is 1. The molecule has 0 bridgehead atoms. The van der Waals surface area contributed by atoms with Gasteiger partial charge < -0.3 is 30.1 Å². The van der Waals surface area contributed by atoms with Gasteiger partial charge in [0.05, 0.1) is 54.6 Å². The number of nitrogens with one attached hydrogen (secondary N) is 2. The second-order valence-electron chi connectivity index (χ2n) is 11.7. The Morgan fingerprint density at radius 3 is 2.45 bits per heavy atom. The fraction of sp³-hybridized carbons (Fsp3) is 0.531. The van der Waals surface area contributed by atoms with Gasteiger partial charge in [-0.05, 0) is 80.7 Å². The van der Waals surface area contributed by atoms with Gasteiger partial charge >= 0.3 is 12.0 Å². The van der Waals surface area contributed by atoms with E-state index in [0.29, 0.717) is 47.5 Å². The van der Waals surface area contributed by atoms with Crippen LogP contribution in [0.15, 0.2) is 42.5 Å². The molecule has 1 saturated heterocycles. The quantitative estimate of drug-likeness (QED) is 0.310. The third kappa shape index (κ3) is 7.18. The van der Waals surface area contributed by atoms with Gasteiger partial charge in [-0.25, -0.2) is 4.79 Å². The maximum atomic E-state index is 13.8. The number of halogens is 1. The number of aliphatic carboxylic acids is 1. The van der Waals surface area contributed by atoms with Crippen LogP contribution in [0.25, 0.3) is 0 Å². The monoisotopic (exact) mass is 597 g/mol. The van der Waals surface area contributed by atoms with Crippen molar-refractivity contribution in [2.24, 2.45) is 11.8 Å². The molecule has 0 radical (unpaired) electrons. The topological polar surface area (TPSA) is 117 Å². The van der Waals surface area contributed by atoms with Crippen LogP contribution in [0, 0.1) is 11.8 Å². The van der Waals surface area contributed by atoms with Crippen LogP contribution in [0.5, 0.6) is 5.75 Å². The molecular formula is C32H40ClN3O6. The first kappa shape index (κ1) is 30.2. The minimum atomic E-state index is -0.717. The van der Waals surface area contributed by atoms with Crippen LogP contribution < -0.4 is 15.4 Å². The molecule has 3 amide bonds. The van der Waals surface area contributed by atoms with Gasteiger partial charge in [0, 0.05) is 6.04 Å². The lowest BCUT2D eigenvalue weighted by molar-refractivity contribution is -0.144. The predicted octanol–water partition coefficient (Wildman–Crippen LogP) is 6.35. The third-order valence-corrected chi connectivity index (χ3v) is 9.35. The van der Waals surface area contributed by atoms with E-state index in [4.69, 9.17) is 21.1 Å². The van der Waals surface area contributed by atoms with Gasteiger partial charge in [-0.1, -0.05) is 42.6 Å². The van der Waals surface area contributed by atoms with Gasteiger partial charge in [-0.2, -0.15) is 0 Å². The highest BCUT2D eigenvalue weighted by Gasteiger charge is 2.44.